The normalized spacial score (nSPS) is 20.4. The van der Waals surface area contributed by atoms with Crippen LogP contribution in [0.2, 0.25) is 0 Å². The van der Waals surface area contributed by atoms with Crippen LogP contribution in [0.5, 0.6) is 0 Å². The van der Waals surface area contributed by atoms with Crippen molar-refractivity contribution in [1.82, 2.24) is 14.9 Å². The van der Waals surface area contributed by atoms with E-state index in [-0.39, 0.29) is 36.5 Å². The standard InChI is InChI=1S/C43H37N5O5/c1-43(34-12-10-28(11-13-34)35-25-47(26-36(35)42(52)53)40(50)31-14-17-44-18-15-31)22-33(24-46-43)39(49)20-27-6-8-29(9-7-27)37-21-32(23-45-37)41(51)48-19-16-30-4-2-3-5-38(30)48/h2-15,17-18,21-24,35-36,45H,16,19-20,25-26H2,1H3,(H,52,53). The lowest BCUT2D eigenvalue weighted by Crippen LogP contribution is -2.29. The van der Waals surface area contributed by atoms with Gasteiger partial charge in [0.25, 0.3) is 11.8 Å². The van der Waals surface area contributed by atoms with E-state index in [0.29, 0.717) is 29.8 Å². The molecule has 2 amide bonds. The van der Waals surface area contributed by atoms with Crippen LogP contribution in [0.1, 0.15) is 55.8 Å². The molecule has 5 aromatic rings. The number of para-hydroxylation sites is 1. The Morgan fingerprint density at radius 2 is 1.64 bits per heavy atom. The van der Waals surface area contributed by atoms with Gasteiger partial charge in [0.15, 0.2) is 5.78 Å². The van der Waals surface area contributed by atoms with E-state index < -0.39 is 17.4 Å². The fourth-order valence-electron chi connectivity index (χ4n) is 7.67. The van der Waals surface area contributed by atoms with Crippen molar-refractivity contribution in [2.24, 2.45) is 10.9 Å². The lowest BCUT2D eigenvalue weighted by Gasteiger charge is -2.21. The molecule has 3 aromatic carbocycles. The lowest BCUT2D eigenvalue weighted by atomic mass is 9.86. The third-order valence-corrected chi connectivity index (χ3v) is 10.7. The van der Waals surface area contributed by atoms with Crippen LogP contribution >= 0.6 is 0 Å². The molecule has 8 rings (SSSR count). The van der Waals surface area contributed by atoms with E-state index in [1.54, 1.807) is 41.8 Å². The Bertz CT molecular complexity index is 2290. The second-order valence-electron chi connectivity index (χ2n) is 14.1. The number of likely N-dealkylation sites (tertiary alicyclic amines) is 1. The van der Waals surface area contributed by atoms with E-state index in [2.05, 4.69) is 16.0 Å². The molecule has 2 N–H and O–H groups in total. The number of carboxylic acid groups (broad SMARTS) is 1. The minimum Gasteiger partial charge on any atom is -0.481 e. The maximum absolute atomic E-state index is 13.4. The summed E-state index contributed by atoms with van der Waals surface area (Å²) in [4.78, 5) is 67.3. The molecular weight excluding hydrogens is 667 g/mol. The number of carbonyl (C=O) groups excluding carboxylic acids is 3. The number of aromatic nitrogens is 2. The first-order chi connectivity index (χ1) is 25.7. The van der Waals surface area contributed by atoms with Gasteiger partial charge in [0.1, 0.15) is 5.54 Å². The third kappa shape index (κ3) is 6.48. The van der Waals surface area contributed by atoms with Gasteiger partial charge in [-0.25, -0.2) is 0 Å². The summed E-state index contributed by atoms with van der Waals surface area (Å²) in [6, 6.07) is 28.5. The van der Waals surface area contributed by atoms with E-state index in [0.717, 1.165) is 40.1 Å². The van der Waals surface area contributed by atoms with Gasteiger partial charge in [0, 0.05) is 79.3 Å². The Kier molecular flexibility index (Phi) is 8.66. The summed E-state index contributed by atoms with van der Waals surface area (Å²) in [5.41, 5.74) is 7.32. The molecule has 10 nitrogen and oxygen atoms in total. The lowest BCUT2D eigenvalue weighted by molar-refractivity contribution is -0.141. The first kappa shape index (κ1) is 33.7. The number of aliphatic imine (C=N–C) groups is 1. The first-order valence-electron chi connectivity index (χ1n) is 17.7. The molecule has 3 aliphatic rings. The van der Waals surface area contributed by atoms with Crippen molar-refractivity contribution < 1.29 is 24.3 Å². The summed E-state index contributed by atoms with van der Waals surface area (Å²) < 4.78 is 0. The van der Waals surface area contributed by atoms with Gasteiger partial charge in [-0.05, 0) is 71.5 Å². The number of hydrogen-bond acceptors (Lipinski definition) is 6. The van der Waals surface area contributed by atoms with Crippen LogP contribution in [0.15, 0.2) is 126 Å². The number of fused-ring (bicyclic) bond motifs is 1. The average Bonchev–Trinajstić information content (AvgIpc) is 4.01. The number of benzene rings is 3. The molecule has 5 heterocycles. The summed E-state index contributed by atoms with van der Waals surface area (Å²) in [6.07, 6.45) is 9.40. The van der Waals surface area contributed by atoms with Crippen LogP contribution < -0.4 is 4.90 Å². The maximum atomic E-state index is 13.4. The smallest absolute Gasteiger partial charge is 0.308 e. The second-order valence-corrected chi connectivity index (χ2v) is 14.1. The Hall–Kier alpha value is -6.42. The van der Waals surface area contributed by atoms with Gasteiger partial charge in [-0.1, -0.05) is 66.7 Å². The van der Waals surface area contributed by atoms with E-state index in [1.165, 1.54) is 5.56 Å². The molecule has 0 bridgehead atoms. The molecule has 10 heteroatoms. The topological polar surface area (TPSA) is 136 Å². The number of Topliss-reactive ketones (excluding diaryl/α,β-unsaturated/α-hetero) is 1. The molecule has 1 saturated heterocycles. The molecular formula is C43H37N5O5. The van der Waals surface area contributed by atoms with Crippen molar-refractivity contribution in [3.8, 4) is 11.3 Å². The monoisotopic (exact) mass is 703 g/mol. The van der Waals surface area contributed by atoms with Crippen LogP contribution in [0.4, 0.5) is 5.69 Å². The SMILES string of the molecule is CC1(c2ccc(C3CN(C(=O)c4ccncc4)CC3C(=O)O)cc2)C=C(C(=O)Cc2ccc(-c3cc(C(=O)N4CCc5ccccc54)c[nH]3)cc2)C=N1. The number of allylic oxidation sites excluding steroid dienone is 1. The molecule has 0 spiro atoms. The Morgan fingerprint density at radius 3 is 2.40 bits per heavy atom. The molecule has 0 saturated carbocycles. The fourth-order valence-corrected chi connectivity index (χ4v) is 7.67. The number of rotatable bonds is 9. The van der Waals surface area contributed by atoms with Gasteiger partial charge in [-0.15, -0.1) is 0 Å². The number of carbonyl (C=O) groups is 4. The zero-order chi connectivity index (χ0) is 36.7. The summed E-state index contributed by atoms with van der Waals surface area (Å²) in [7, 11) is 0. The van der Waals surface area contributed by atoms with Crippen LogP contribution in [0.3, 0.4) is 0 Å². The van der Waals surface area contributed by atoms with Crippen LogP contribution in [-0.4, -0.2) is 69.4 Å². The van der Waals surface area contributed by atoms with E-state index >= 15 is 0 Å². The van der Waals surface area contributed by atoms with Crippen LogP contribution in [-0.2, 0) is 28.0 Å². The number of amides is 2. The highest BCUT2D eigenvalue weighted by atomic mass is 16.4. The number of aromatic amines is 1. The molecule has 3 aliphatic heterocycles. The number of ketones is 1. The van der Waals surface area contributed by atoms with Gasteiger partial charge in [0.2, 0.25) is 0 Å². The minimum atomic E-state index is -0.938. The number of nitrogens with zero attached hydrogens (tertiary/aromatic N) is 4. The summed E-state index contributed by atoms with van der Waals surface area (Å²) in [5, 5.41) is 9.99. The van der Waals surface area contributed by atoms with Gasteiger partial charge in [-0.3, -0.25) is 29.2 Å². The van der Waals surface area contributed by atoms with Gasteiger partial charge < -0.3 is 19.9 Å². The molecule has 264 valence electrons. The van der Waals surface area contributed by atoms with Crippen molar-refractivity contribution in [3.05, 3.63) is 155 Å². The number of aliphatic carboxylic acids is 1. The number of H-pyrrole nitrogens is 1. The molecule has 1 fully saturated rings. The van der Waals surface area contributed by atoms with Gasteiger partial charge in [0.05, 0.1) is 11.5 Å². The fraction of sp³-hybridized carbons (Fsp3) is 0.209. The largest absolute Gasteiger partial charge is 0.481 e. The average molecular weight is 704 g/mol. The molecule has 3 atom stereocenters. The van der Waals surface area contributed by atoms with E-state index in [9.17, 15) is 24.3 Å². The summed E-state index contributed by atoms with van der Waals surface area (Å²) >= 11 is 0. The van der Waals surface area contributed by atoms with Crippen LogP contribution in [0.25, 0.3) is 11.3 Å². The molecule has 53 heavy (non-hydrogen) atoms. The predicted octanol–water partition coefficient (Wildman–Crippen LogP) is 6.26. The van der Waals surface area contributed by atoms with Gasteiger partial charge >= 0.3 is 5.97 Å². The van der Waals surface area contributed by atoms with Crippen molar-refractivity contribution >= 4 is 35.5 Å². The Morgan fingerprint density at radius 1 is 0.887 bits per heavy atom. The number of pyridine rings is 1. The number of carboxylic acids is 1. The minimum absolute atomic E-state index is 0.0309. The van der Waals surface area contributed by atoms with Crippen molar-refractivity contribution in [2.75, 3.05) is 24.5 Å². The Labute approximate surface area is 306 Å². The second kappa shape index (κ2) is 13.6. The zero-order valence-electron chi connectivity index (χ0n) is 29.1. The quantitative estimate of drug-likeness (QED) is 0.186. The predicted molar refractivity (Wildman–Crippen MR) is 201 cm³/mol. The molecule has 3 unspecified atom stereocenters. The summed E-state index contributed by atoms with van der Waals surface area (Å²) in [6.45, 7) is 3.04. The number of anilines is 1. The molecule has 2 aromatic heterocycles. The zero-order valence-corrected chi connectivity index (χ0v) is 29.1. The first-order valence-corrected chi connectivity index (χ1v) is 17.7. The van der Waals surface area contributed by atoms with E-state index in [4.69, 9.17) is 4.99 Å². The highest BCUT2D eigenvalue weighted by Gasteiger charge is 2.41. The molecule has 0 radical (unpaired) electrons. The summed E-state index contributed by atoms with van der Waals surface area (Å²) in [5.74, 6) is -2.32. The van der Waals surface area contributed by atoms with Crippen LogP contribution in [0, 0.1) is 5.92 Å². The van der Waals surface area contributed by atoms with E-state index in [1.807, 2.05) is 90.7 Å². The highest BCUT2D eigenvalue weighted by molar-refractivity contribution is 6.15. The Balaban J connectivity index is 0.906. The van der Waals surface area contributed by atoms with Crippen molar-refractivity contribution in [3.63, 3.8) is 0 Å². The number of nitrogens with one attached hydrogen (secondary N) is 1. The number of hydrogen-bond donors (Lipinski definition) is 2. The van der Waals surface area contributed by atoms with Crippen molar-refractivity contribution in [2.45, 2.75) is 31.2 Å². The molecule has 0 aliphatic carbocycles. The van der Waals surface area contributed by atoms with Gasteiger partial charge in [-0.2, -0.15) is 0 Å². The van der Waals surface area contributed by atoms with Crippen molar-refractivity contribution in [1.29, 1.82) is 0 Å². The third-order valence-electron chi connectivity index (χ3n) is 10.7. The highest BCUT2D eigenvalue weighted by Crippen LogP contribution is 2.37. The maximum Gasteiger partial charge on any atom is 0.308 e.